The molecule has 0 radical (unpaired) electrons. The molecule has 3 aromatic rings. The van der Waals surface area contributed by atoms with Gasteiger partial charge in [0.1, 0.15) is 0 Å². The third kappa shape index (κ3) is 5.29. The number of piperazine rings is 1. The Morgan fingerprint density at radius 3 is 2.73 bits per heavy atom. The zero-order valence-electron chi connectivity index (χ0n) is 19.2. The van der Waals surface area contributed by atoms with Crippen molar-refractivity contribution in [2.24, 2.45) is 0 Å². The highest BCUT2D eigenvalue weighted by molar-refractivity contribution is 5.90. The van der Waals surface area contributed by atoms with Gasteiger partial charge in [-0.05, 0) is 44.2 Å². The van der Waals surface area contributed by atoms with Crippen LogP contribution in [-0.2, 0) is 11.3 Å². The number of benzene rings is 1. The number of nitrogens with one attached hydrogen (secondary N) is 2. The number of hydrogen-bond donors (Lipinski definition) is 3. The maximum atomic E-state index is 11.2. The van der Waals surface area contributed by atoms with E-state index >= 15 is 0 Å². The van der Waals surface area contributed by atoms with E-state index in [1.807, 2.05) is 30.6 Å². The Labute approximate surface area is 192 Å². The SMILES string of the molecule is CC(C)n1cnc2c(NCc3cccc(/C=C/C(=O)NO)c3)nc(N3CCN(C)CC3)nc21. The number of nitrogens with zero attached hydrogens (tertiary/aromatic N) is 6. The molecule has 1 amide bonds. The summed E-state index contributed by atoms with van der Waals surface area (Å²) in [7, 11) is 2.13. The van der Waals surface area contributed by atoms with E-state index in [4.69, 9.17) is 15.2 Å². The Morgan fingerprint density at radius 1 is 1.21 bits per heavy atom. The van der Waals surface area contributed by atoms with Crippen LogP contribution < -0.4 is 15.7 Å². The Bertz CT molecular complexity index is 1150. The summed E-state index contributed by atoms with van der Waals surface area (Å²) < 4.78 is 2.07. The molecule has 174 valence electrons. The molecule has 0 aliphatic carbocycles. The van der Waals surface area contributed by atoms with Crippen molar-refractivity contribution in [3.05, 3.63) is 47.8 Å². The standard InChI is InChI=1S/C23H30N8O2/c1-16(2)31-15-25-20-21(26-23(27-22(20)31)30-11-9-29(3)10-12-30)24-14-18-6-4-5-17(13-18)7-8-19(32)28-33/h4-8,13,15-16,33H,9-12,14H2,1-3H3,(H,28,32)(H,24,26,27)/b8-7+. The summed E-state index contributed by atoms with van der Waals surface area (Å²) >= 11 is 0. The summed E-state index contributed by atoms with van der Waals surface area (Å²) in [4.78, 5) is 30.1. The minimum Gasteiger partial charge on any atom is -0.364 e. The lowest BCUT2D eigenvalue weighted by Gasteiger charge is -2.32. The minimum atomic E-state index is -0.570. The first-order valence-electron chi connectivity index (χ1n) is 11.1. The topological polar surface area (TPSA) is 111 Å². The first-order valence-corrected chi connectivity index (χ1v) is 11.1. The molecule has 33 heavy (non-hydrogen) atoms. The van der Waals surface area contributed by atoms with Gasteiger partial charge < -0.3 is 19.7 Å². The van der Waals surface area contributed by atoms with Crippen LogP contribution in [0, 0.1) is 0 Å². The molecule has 3 heterocycles. The van der Waals surface area contributed by atoms with Crippen LogP contribution in [0.3, 0.4) is 0 Å². The summed E-state index contributed by atoms with van der Waals surface area (Å²) in [6.07, 6.45) is 4.75. The molecule has 0 spiro atoms. The summed E-state index contributed by atoms with van der Waals surface area (Å²) in [5.41, 5.74) is 5.04. The van der Waals surface area contributed by atoms with E-state index in [-0.39, 0.29) is 6.04 Å². The monoisotopic (exact) mass is 450 g/mol. The number of anilines is 2. The molecule has 10 nitrogen and oxygen atoms in total. The smallest absolute Gasteiger partial charge is 0.267 e. The molecule has 0 unspecified atom stereocenters. The number of likely N-dealkylation sites (N-methyl/N-ethyl adjacent to an activating group) is 1. The molecule has 10 heteroatoms. The van der Waals surface area contributed by atoms with Crippen molar-refractivity contribution in [1.29, 1.82) is 0 Å². The van der Waals surface area contributed by atoms with E-state index in [1.165, 1.54) is 6.08 Å². The van der Waals surface area contributed by atoms with Gasteiger partial charge in [0.15, 0.2) is 17.0 Å². The van der Waals surface area contributed by atoms with Crippen LogP contribution in [0.25, 0.3) is 17.2 Å². The lowest BCUT2D eigenvalue weighted by molar-refractivity contribution is -0.124. The Hall–Kier alpha value is -3.50. The number of carbonyl (C=O) groups excluding carboxylic acids is 1. The quantitative estimate of drug-likeness (QED) is 0.286. The second kappa shape index (κ2) is 9.97. The summed E-state index contributed by atoms with van der Waals surface area (Å²) in [5.74, 6) is 0.847. The predicted molar refractivity (Wildman–Crippen MR) is 128 cm³/mol. The van der Waals surface area contributed by atoms with Crippen molar-refractivity contribution >= 4 is 34.9 Å². The van der Waals surface area contributed by atoms with E-state index in [0.29, 0.717) is 18.3 Å². The third-order valence-electron chi connectivity index (χ3n) is 5.70. The number of hydrogen-bond acceptors (Lipinski definition) is 8. The minimum absolute atomic E-state index is 0.234. The molecule has 0 bridgehead atoms. The van der Waals surface area contributed by atoms with Crippen LogP contribution >= 0.6 is 0 Å². The Kier molecular flexibility index (Phi) is 6.85. The highest BCUT2D eigenvalue weighted by Gasteiger charge is 2.21. The highest BCUT2D eigenvalue weighted by atomic mass is 16.5. The van der Waals surface area contributed by atoms with Gasteiger partial charge in [0.2, 0.25) is 5.95 Å². The van der Waals surface area contributed by atoms with Crippen molar-refractivity contribution in [1.82, 2.24) is 29.9 Å². The first-order chi connectivity index (χ1) is 15.9. The van der Waals surface area contributed by atoms with Gasteiger partial charge in [-0.3, -0.25) is 10.0 Å². The van der Waals surface area contributed by atoms with Crippen LogP contribution in [0.5, 0.6) is 0 Å². The van der Waals surface area contributed by atoms with Gasteiger partial charge >= 0.3 is 0 Å². The molecule has 1 aliphatic rings. The number of rotatable bonds is 7. The molecule has 1 saturated heterocycles. The zero-order valence-corrected chi connectivity index (χ0v) is 19.2. The largest absolute Gasteiger partial charge is 0.364 e. The van der Waals surface area contributed by atoms with Crippen LogP contribution in [0.4, 0.5) is 11.8 Å². The zero-order chi connectivity index (χ0) is 23.4. The fraction of sp³-hybridized carbons (Fsp3) is 0.391. The Morgan fingerprint density at radius 2 is 2.00 bits per heavy atom. The van der Waals surface area contributed by atoms with Crippen LogP contribution in [-0.4, -0.2) is 68.8 Å². The van der Waals surface area contributed by atoms with Crippen LogP contribution in [0.15, 0.2) is 36.7 Å². The number of carbonyl (C=O) groups is 1. The molecule has 4 rings (SSSR count). The molecular formula is C23H30N8O2. The number of hydroxylamine groups is 1. The lowest BCUT2D eigenvalue weighted by atomic mass is 10.1. The van der Waals surface area contributed by atoms with E-state index in [1.54, 1.807) is 11.6 Å². The van der Waals surface area contributed by atoms with Crippen molar-refractivity contribution in [3.63, 3.8) is 0 Å². The van der Waals surface area contributed by atoms with Gasteiger partial charge in [0.05, 0.1) is 6.33 Å². The average Bonchev–Trinajstić information content (AvgIpc) is 3.26. The number of fused-ring (bicyclic) bond motifs is 1. The molecule has 0 saturated carbocycles. The second-order valence-electron chi connectivity index (χ2n) is 8.49. The van der Waals surface area contributed by atoms with Gasteiger partial charge in [-0.15, -0.1) is 0 Å². The molecular weight excluding hydrogens is 420 g/mol. The van der Waals surface area contributed by atoms with E-state index in [2.05, 4.69) is 45.6 Å². The van der Waals surface area contributed by atoms with Crippen molar-refractivity contribution in [3.8, 4) is 0 Å². The van der Waals surface area contributed by atoms with Crippen molar-refractivity contribution < 1.29 is 10.0 Å². The fourth-order valence-corrected chi connectivity index (χ4v) is 3.76. The van der Waals surface area contributed by atoms with Gasteiger partial charge in [0.25, 0.3) is 5.91 Å². The van der Waals surface area contributed by atoms with E-state index in [0.717, 1.165) is 48.5 Å². The molecule has 1 fully saturated rings. The number of aromatic nitrogens is 4. The summed E-state index contributed by atoms with van der Waals surface area (Å²) in [5, 5.41) is 12.1. The maximum absolute atomic E-state index is 11.2. The van der Waals surface area contributed by atoms with E-state index < -0.39 is 5.91 Å². The summed E-state index contributed by atoms with van der Waals surface area (Å²) in [6, 6.07) is 8.02. The van der Waals surface area contributed by atoms with E-state index in [9.17, 15) is 4.79 Å². The van der Waals surface area contributed by atoms with Gasteiger partial charge in [-0.1, -0.05) is 18.2 Å². The summed E-state index contributed by atoms with van der Waals surface area (Å²) in [6.45, 7) is 8.48. The fourth-order valence-electron chi connectivity index (χ4n) is 3.76. The van der Waals surface area contributed by atoms with Crippen molar-refractivity contribution in [2.45, 2.75) is 26.4 Å². The van der Waals surface area contributed by atoms with Crippen molar-refractivity contribution in [2.75, 3.05) is 43.4 Å². The molecule has 2 aromatic heterocycles. The molecule has 1 aliphatic heterocycles. The van der Waals surface area contributed by atoms with Gasteiger partial charge in [-0.25, -0.2) is 10.5 Å². The average molecular weight is 451 g/mol. The molecule has 3 N–H and O–H groups in total. The first kappa shape index (κ1) is 22.7. The van der Waals surface area contributed by atoms with Crippen LogP contribution in [0.1, 0.15) is 31.0 Å². The second-order valence-corrected chi connectivity index (χ2v) is 8.49. The van der Waals surface area contributed by atoms with Gasteiger partial charge in [0, 0.05) is 44.8 Å². The maximum Gasteiger partial charge on any atom is 0.267 e. The molecule has 0 atom stereocenters. The molecule has 1 aromatic carbocycles. The predicted octanol–water partition coefficient (Wildman–Crippen LogP) is 2.29. The normalized spacial score (nSPS) is 15.0. The number of amides is 1. The Balaban J connectivity index is 1.60. The van der Waals surface area contributed by atoms with Gasteiger partial charge in [-0.2, -0.15) is 9.97 Å². The number of imidazole rings is 1. The van der Waals surface area contributed by atoms with Crippen LogP contribution in [0.2, 0.25) is 0 Å². The third-order valence-corrected chi connectivity index (χ3v) is 5.70. The lowest BCUT2D eigenvalue weighted by Crippen LogP contribution is -2.45. The highest BCUT2D eigenvalue weighted by Crippen LogP contribution is 2.26.